The van der Waals surface area contributed by atoms with Crippen LogP contribution in [0.25, 0.3) is 21.6 Å². The second-order valence-corrected chi connectivity index (χ2v) is 7.77. The van der Waals surface area contributed by atoms with Gasteiger partial charge in [-0.05, 0) is 44.3 Å². The van der Waals surface area contributed by atoms with Gasteiger partial charge < -0.3 is 10.2 Å². The molecule has 0 bridgehead atoms. The molecule has 9 heteroatoms. The van der Waals surface area contributed by atoms with Crippen LogP contribution >= 0.6 is 36.2 Å². The molecule has 1 aliphatic heterocycles. The van der Waals surface area contributed by atoms with Crippen molar-refractivity contribution in [2.75, 3.05) is 20.1 Å². The lowest BCUT2D eigenvalue weighted by Crippen LogP contribution is -2.47. The topological polar surface area (TPSA) is 63.1 Å². The first-order valence-corrected chi connectivity index (χ1v) is 9.81. The first-order valence-electron chi connectivity index (χ1n) is 8.93. The number of carbonyl (C=O) groups is 1. The zero-order valence-corrected chi connectivity index (χ0v) is 18.6. The van der Waals surface area contributed by atoms with Crippen molar-refractivity contribution >= 4 is 53.1 Å². The molecule has 4 heterocycles. The van der Waals surface area contributed by atoms with E-state index in [9.17, 15) is 4.79 Å². The van der Waals surface area contributed by atoms with Crippen molar-refractivity contribution in [3.8, 4) is 10.6 Å². The van der Waals surface area contributed by atoms with E-state index in [-0.39, 0.29) is 30.7 Å². The van der Waals surface area contributed by atoms with E-state index in [0.29, 0.717) is 11.6 Å². The minimum Gasteiger partial charge on any atom is -0.337 e. The molecule has 0 spiro atoms. The molecule has 1 N–H and O–H groups in total. The Morgan fingerprint density at radius 2 is 2.14 bits per heavy atom. The maximum atomic E-state index is 13.4. The van der Waals surface area contributed by atoms with Crippen molar-refractivity contribution < 1.29 is 4.79 Å². The molecule has 4 rings (SSSR count). The average Bonchev–Trinajstić information content (AvgIpc) is 3.29. The zero-order chi connectivity index (χ0) is 18.3. The molecular formula is C19H25Cl2N5OS. The van der Waals surface area contributed by atoms with E-state index in [1.54, 1.807) is 16.0 Å². The van der Waals surface area contributed by atoms with Gasteiger partial charge in [-0.3, -0.25) is 9.48 Å². The maximum absolute atomic E-state index is 13.4. The van der Waals surface area contributed by atoms with E-state index < -0.39 is 0 Å². The van der Waals surface area contributed by atoms with E-state index in [0.717, 1.165) is 53.2 Å². The fourth-order valence-electron chi connectivity index (χ4n) is 3.73. The Kier molecular flexibility index (Phi) is 7.45. The van der Waals surface area contributed by atoms with Crippen LogP contribution in [0, 0.1) is 6.92 Å². The van der Waals surface area contributed by atoms with Gasteiger partial charge in [0.2, 0.25) is 0 Å². The van der Waals surface area contributed by atoms with Gasteiger partial charge in [0, 0.05) is 26.2 Å². The lowest BCUT2D eigenvalue weighted by atomic mass is 10.0. The Balaban J connectivity index is 0.00000140. The molecule has 1 atom stereocenters. The molecule has 0 saturated carbocycles. The van der Waals surface area contributed by atoms with Crippen molar-refractivity contribution in [2.24, 2.45) is 7.05 Å². The average molecular weight is 442 g/mol. The lowest BCUT2D eigenvalue weighted by Gasteiger charge is -2.32. The van der Waals surface area contributed by atoms with Crippen molar-refractivity contribution in [1.29, 1.82) is 0 Å². The number of thiophene rings is 1. The molecule has 28 heavy (non-hydrogen) atoms. The summed E-state index contributed by atoms with van der Waals surface area (Å²) in [5.74, 6) is 0.0752. The van der Waals surface area contributed by atoms with Gasteiger partial charge in [0.25, 0.3) is 5.91 Å². The van der Waals surface area contributed by atoms with Crippen LogP contribution in [0.4, 0.5) is 0 Å². The maximum Gasteiger partial charge on any atom is 0.254 e. The monoisotopic (exact) mass is 441 g/mol. The fourth-order valence-corrected chi connectivity index (χ4v) is 4.42. The van der Waals surface area contributed by atoms with Crippen molar-refractivity contribution in [3.05, 3.63) is 34.8 Å². The molecule has 3 aromatic heterocycles. The summed E-state index contributed by atoms with van der Waals surface area (Å²) in [6, 6.07) is 6.34. The Hall–Kier alpha value is -1.67. The molecule has 6 nitrogen and oxygen atoms in total. The quantitative estimate of drug-likeness (QED) is 0.673. The van der Waals surface area contributed by atoms with Crippen LogP contribution < -0.4 is 5.32 Å². The number of likely N-dealkylation sites (N-methyl/N-ethyl adjacent to an activating group) is 1. The van der Waals surface area contributed by atoms with Gasteiger partial charge in [0.15, 0.2) is 5.65 Å². The second-order valence-electron chi connectivity index (χ2n) is 6.82. The summed E-state index contributed by atoms with van der Waals surface area (Å²) in [6.07, 6.45) is 2.13. The van der Waals surface area contributed by atoms with Gasteiger partial charge in [0.05, 0.1) is 27.2 Å². The number of pyridine rings is 1. The van der Waals surface area contributed by atoms with Gasteiger partial charge in [-0.1, -0.05) is 6.07 Å². The third kappa shape index (κ3) is 4.03. The standard InChI is InChI=1S/C19H23N5OS.2ClH/c1-12-17-14(19(25)24-8-4-6-13(11-24)20-2)10-15(16-7-5-9-26-16)21-18(17)23(3)22-12;;/h5,7,9-10,13,20H,4,6,8,11H2,1-3H3;2*1H. The number of halogens is 2. The summed E-state index contributed by atoms with van der Waals surface area (Å²) in [5, 5.41) is 10.7. The highest BCUT2D eigenvalue weighted by molar-refractivity contribution is 7.13. The minimum absolute atomic E-state index is 0. The third-order valence-electron chi connectivity index (χ3n) is 5.09. The number of nitrogens with zero attached hydrogens (tertiary/aromatic N) is 4. The summed E-state index contributed by atoms with van der Waals surface area (Å²) in [5.41, 5.74) is 3.15. The number of aromatic nitrogens is 3. The van der Waals surface area contributed by atoms with Crippen molar-refractivity contribution in [2.45, 2.75) is 25.8 Å². The van der Waals surface area contributed by atoms with Gasteiger partial charge in [-0.2, -0.15) is 5.10 Å². The Bertz CT molecular complexity index is 957. The summed E-state index contributed by atoms with van der Waals surface area (Å²) in [4.78, 5) is 21.2. The van der Waals surface area contributed by atoms with Gasteiger partial charge in [0.1, 0.15) is 0 Å². The number of aryl methyl sites for hydroxylation is 2. The second kappa shape index (κ2) is 9.22. The highest BCUT2D eigenvalue weighted by Gasteiger charge is 2.27. The van der Waals surface area contributed by atoms with Gasteiger partial charge in [-0.15, -0.1) is 36.2 Å². The molecule has 1 fully saturated rings. The van der Waals surface area contributed by atoms with Crippen LogP contribution in [-0.4, -0.2) is 51.8 Å². The summed E-state index contributed by atoms with van der Waals surface area (Å²) in [6.45, 7) is 3.49. The number of nitrogens with one attached hydrogen (secondary N) is 1. The van der Waals surface area contributed by atoms with Crippen LogP contribution in [0.1, 0.15) is 28.9 Å². The SMILES string of the molecule is CNC1CCCN(C(=O)c2cc(-c3cccs3)nc3c2c(C)nn3C)C1.Cl.Cl. The molecule has 1 saturated heterocycles. The van der Waals surface area contributed by atoms with Crippen molar-refractivity contribution in [3.63, 3.8) is 0 Å². The molecule has 1 amide bonds. The molecule has 1 aliphatic rings. The molecule has 3 aromatic rings. The first kappa shape index (κ1) is 22.6. The molecule has 0 aliphatic carbocycles. The molecule has 0 radical (unpaired) electrons. The number of carbonyl (C=O) groups excluding carboxylic acids is 1. The van der Waals surface area contributed by atoms with Crippen molar-refractivity contribution in [1.82, 2.24) is 25.0 Å². The van der Waals surface area contributed by atoms with Crippen LogP contribution in [0.2, 0.25) is 0 Å². The van der Waals surface area contributed by atoms with Gasteiger partial charge >= 0.3 is 0 Å². The van der Waals surface area contributed by atoms with Crippen LogP contribution in [0.3, 0.4) is 0 Å². The lowest BCUT2D eigenvalue weighted by molar-refractivity contribution is 0.0700. The van der Waals surface area contributed by atoms with E-state index in [2.05, 4.69) is 10.4 Å². The largest absolute Gasteiger partial charge is 0.337 e. The Morgan fingerprint density at radius 1 is 1.36 bits per heavy atom. The Labute approximate surface area is 181 Å². The summed E-state index contributed by atoms with van der Waals surface area (Å²) < 4.78 is 1.77. The Morgan fingerprint density at radius 3 is 2.82 bits per heavy atom. The number of hydrogen-bond acceptors (Lipinski definition) is 5. The van der Waals surface area contributed by atoms with E-state index >= 15 is 0 Å². The van der Waals surface area contributed by atoms with Gasteiger partial charge in [-0.25, -0.2) is 4.98 Å². The molecule has 152 valence electrons. The van der Waals surface area contributed by atoms with Crippen LogP contribution in [0.15, 0.2) is 23.6 Å². The highest BCUT2D eigenvalue weighted by atomic mass is 35.5. The smallest absolute Gasteiger partial charge is 0.254 e. The minimum atomic E-state index is 0. The van der Waals surface area contributed by atoms with Crippen LogP contribution in [-0.2, 0) is 7.05 Å². The van der Waals surface area contributed by atoms with E-state index in [1.807, 2.05) is 49.5 Å². The molecular weight excluding hydrogens is 417 g/mol. The number of fused-ring (bicyclic) bond motifs is 1. The zero-order valence-electron chi connectivity index (χ0n) is 16.1. The third-order valence-corrected chi connectivity index (χ3v) is 5.98. The summed E-state index contributed by atoms with van der Waals surface area (Å²) in [7, 11) is 3.84. The normalized spacial score (nSPS) is 16.5. The predicted molar refractivity (Wildman–Crippen MR) is 119 cm³/mol. The highest BCUT2D eigenvalue weighted by Crippen LogP contribution is 2.30. The van der Waals surface area contributed by atoms with E-state index in [4.69, 9.17) is 4.98 Å². The number of hydrogen-bond donors (Lipinski definition) is 1. The number of likely N-dealkylation sites (tertiary alicyclic amines) is 1. The summed E-state index contributed by atoms with van der Waals surface area (Å²) >= 11 is 1.63. The first-order chi connectivity index (χ1) is 12.6. The molecule has 0 aromatic carbocycles. The number of amides is 1. The van der Waals surface area contributed by atoms with Crippen LogP contribution in [0.5, 0.6) is 0 Å². The number of piperidine rings is 1. The molecule has 1 unspecified atom stereocenters. The number of rotatable bonds is 3. The van der Waals surface area contributed by atoms with E-state index in [1.165, 1.54) is 0 Å². The fraction of sp³-hybridized carbons (Fsp3) is 0.421. The predicted octanol–water partition coefficient (Wildman–Crippen LogP) is 3.67.